The maximum absolute atomic E-state index is 12.3. The fourth-order valence-electron chi connectivity index (χ4n) is 4.10. The van der Waals surface area contributed by atoms with Crippen LogP contribution in [0.3, 0.4) is 0 Å². The van der Waals surface area contributed by atoms with E-state index in [9.17, 15) is 4.79 Å². The first-order chi connectivity index (χ1) is 11.1. The van der Waals surface area contributed by atoms with Gasteiger partial charge in [-0.15, -0.1) is 0 Å². The summed E-state index contributed by atoms with van der Waals surface area (Å²) in [6.07, 6.45) is 6.16. The highest BCUT2D eigenvalue weighted by Crippen LogP contribution is 2.39. The second-order valence-corrected chi connectivity index (χ2v) is 7.66. The van der Waals surface area contributed by atoms with Gasteiger partial charge in [0.25, 0.3) is 0 Å². The van der Waals surface area contributed by atoms with Crippen molar-refractivity contribution in [2.24, 2.45) is 17.6 Å². The molecule has 5 heteroatoms. The number of fused-ring (bicyclic) bond motifs is 2. The van der Waals surface area contributed by atoms with Crippen LogP contribution in [0.15, 0.2) is 28.7 Å². The summed E-state index contributed by atoms with van der Waals surface area (Å²) in [7, 11) is 0. The SMILES string of the molecule is NC1CC2CCCC(C1)C2NC(=O)CCOc1ccccc1Br. The minimum Gasteiger partial charge on any atom is -0.492 e. The Morgan fingerprint density at radius 1 is 1.26 bits per heavy atom. The highest BCUT2D eigenvalue weighted by molar-refractivity contribution is 9.10. The zero-order valence-corrected chi connectivity index (χ0v) is 14.9. The molecule has 0 aliphatic heterocycles. The Bertz CT molecular complexity index is 538. The van der Waals surface area contributed by atoms with E-state index in [0.717, 1.165) is 23.1 Å². The molecule has 2 atom stereocenters. The number of amides is 1. The summed E-state index contributed by atoms with van der Waals surface area (Å²) < 4.78 is 6.59. The number of nitrogens with one attached hydrogen (secondary N) is 1. The normalized spacial score (nSPS) is 29.8. The largest absolute Gasteiger partial charge is 0.492 e. The predicted molar refractivity (Wildman–Crippen MR) is 94.2 cm³/mol. The molecule has 2 aliphatic carbocycles. The minimum atomic E-state index is 0.0921. The van der Waals surface area contributed by atoms with Crippen LogP contribution in [0, 0.1) is 11.8 Å². The maximum atomic E-state index is 12.3. The molecule has 0 spiro atoms. The number of carbonyl (C=O) groups excluding carboxylic acids is 1. The lowest BCUT2D eigenvalue weighted by atomic mass is 9.67. The Morgan fingerprint density at radius 2 is 1.96 bits per heavy atom. The number of carbonyl (C=O) groups is 1. The lowest BCUT2D eigenvalue weighted by Gasteiger charge is -2.45. The van der Waals surface area contributed by atoms with Crippen molar-refractivity contribution in [2.75, 3.05) is 6.61 Å². The first-order valence-electron chi connectivity index (χ1n) is 8.55. The van der Waals surface area contributed by atoms with Crippen molar-refractivity contribution >= 4 is 21.8 Å². The number of hydrogen-bond acceptors (Lipinski definition) is 3. The zero-order valence-electron chi connectivity index (χ0n) is 13.3. The van der Waals surface area contributed by atoms with E-state index < -0.39 is 0 Å². The molecule has 0 radical (unpaired) electrons. The molecule has 2 saturated carbocycles. The fourth-order valence-corrected chi connectivity index (χ4v) is 4.50. The standard InChI is InChI=1S/C18H25BrN2O2/c19-15-6-1-2-7-16(15)23-9-8-17(22)21-18-12-4-3-5-13(18)11-14(20)10-12/h1-2,6-7,12-14,18H,3-5,8-11,20H2,(H,21,22). The molecule has 1 aromatic carbocycles. The third-order valence-electron chi connectivity index (χ3n) is 5.13. The van der Waals surface area contributed by atoms with Crippen molar-refractivity contribution in [3.05, 3.63) is 28.7 Å². The average molecular weight is 381 g/mol. The molecule has 0 saturated heterocycles. The summed E-state index contributed by atoms with van der Waals surface area (Å²) in [5.41, 5.74) is 6.14. The van der Waals surface area contributed by atoms with Crippen LogP contribution in [0.2, 0.25) is 0 Å². The van der Waals surface area contributed by atoms with Crippen LogP contribution in [-0.2, 0) is 4.79 Å². The van der Waals surface area contributed by atoms with Gasteiger partial charge in [0.05, 0.1) is 17.5 Å². The molecule has 2 bridgehead atoms. The number of halogens is 1. The number of para-hydroxylation sites is 1. The summed E-state index contributed by atoms with van der Waals surface area (Å²) in [4.78, 5) is 12.3. The van der Waals surface area contributed by atoms with Crippen LogP contribution in [0.25, 0.3) is 0 Å². The van der Waals surface area contributed by atoms with Crippen molar-refractivity contribution in [1.82, 2.24) is 5.32 Å². The van der Waals surface area contributed by atoms with Gasteiger partial charge in [0, 0.05) is 12.1 Å². The second kappa shape index (κ2) is 7.67. The minimum absolute atomic E-state index is 0.0921. The van der Waals surface area contributed by atoms with Gasteiger partial charge in [-0.25, -0.2) is 0 Å². The summed E-state index contributed by atoms with van der Waals surface area (Å²) in [5.74, 6) is 1.99. The molecular formula is C18H25BrN2O2. The number of ether oxygens (including phenoxy) is 1. The van der Waals surface area contributed by atoms with Crippen molar-refractivity contribution < 1.29 is 9.53 Å². The van der Waals surface area contributed by atoms with E-state index in [1.807, 2.05) is 24.3 Å². The molecule has 1 aromatic rings. The molecule has 0 aromatic heterocycles. The molecule has 2 fully saturated rings. The van der Waals surface area contributed by atoms with Crippen molar-refractivity contribution in [3.63, 3.8) is 0 Å². The zero-order chi connectivity index (χ0) is 16.2. The molecule has 2 unspecified atom stereocenters. The summed E-state index contributed by atoms with van der Waals surface area (Å²) in [6.45, 7) is 0.399. The van der Waals surface area contributed by atoms with Crippen molar-refractivity contribution in [1.29, 1.82) is 0 Å². The fraction of sp³-hybridized carbons (Fsp3) is 0.611. The Hall–Kier alpha value is -1.07. The number of rotatable bonds is 5. The van der Waals surface area contributed by atoms with Gasteiger partial charge >= 0.3 is 0 Å². The molecule has 126 valence electrons. The first kappa shape index (κ1) is 16.8. The van der Waals surface area contributed by atoms with Gasteiger partial charge in [0.15, 0.2) is 0 Å². The number of hydrogen-bond donors (Lipinski definition) is 2. The van der Waals surface area contributed by atoms with Gasteiger partial charge in [0.2, 0.25) is 5.91 Å². The van der Waals surface area contributed by atoms with Gasteiger partial charge < -0.3 is 15.8 Å². The number of nitrogens with two attached hydrogens (primary N) is 1. The van der Waals surface area contributed by atoms with Crippen LogP contribution in [0.4, 0.5) is 0 Å². The van der Waals surface area contributed by atoms with E-state index in [2.05, 4.69) is 21.2 Å². The maximum Gasteiger partial charge on any atom is 0.223 e. The molecule has 4 nitrogen and oxygen atoms in total. The quantitative estimate of drug-likeness (QED) is 0.823. The lowest BCUT2D eigenvalue weighted by Crippen LogP contribution is -2.53. The Morgan fingerprint density at radius 3 is 2.65 bits per heavy atom. The van der Waals surface area contributed by atoms with Crippen LogP contribution >= 0.6 is 15.9 Å². The molecule has 1 amide bonds. The molecule has 2 aliphatic rings. The molecule has 0 heterocycles. The van der Waals surface area contributed by atoms with E-state index in [1.165, 1.54) is 19.3 Å². The van der Waals surface area contributed by atoms with Crippen LogP contribution in [0.1, 0.15) is 38.5 Å². The molecular weight excluding hydrogens is 356 g/mol. The Kier molecular flexibility index (Phi) is 5.59. The third-order valence-corrected chi connectivity index (χ3v) is 5.78. The van der Waals surface area contributed by atoms with E-state index in [4.69, 9.17) is 10.5 Å². The van der Waals surface area contributed by atoms with Gasteiger partial charge in [-0.1, -0.05) is 18.6 Å². The summed E-state index contributed by atoms with van der Waals surface area (Å²) >= 11 is 3.44. The van der Waals surface area contributed by atoms with E-state index in [-0.39, 0.29) is 5.91 Å². The van der Waals surface area contributed by atoms with Gasteiger partial charge in [0.1, 0.15) is 5.75 Å². The highest BCUT2D eigenvalue weighted by Gasteiger charge is 2.39. The summed E-state index contributed by atoms with van der Waals surface area (Å²) in [6, 6.07) is 8.33. The smallest absolute Gasteiger partial charge is 0.223 e. The first-order valence-corrected chi connectivity index (χ1v) is 9.35. The van der Waals surface area contributed by atoms with E-state index in [1.54, 1.807) is 0 Å². The molecule has 3 N–H and O–H groups in total. The van der Waals surface area contributed by atoms with E-state index >= 15 is 0 Å². The van der Waals surface area contributed by atoms with Crippen LogP contribution < -0.4 is 15.8 Å². The highest BCUT2D eigenvalue weighted by atomic mass is 79.9. The monoisotopic (exact) mass is 380 g/mol. The topological polar surface area (TPSA) is 64.3 Å². The van der Waals surface area contributed by atoms with E-state index in [0.29, 0.717) is 36.9 Å². The van der Waals surface area contributed by atoms with Gasteiger partial charge in [-0.3, -0.25) is 4.79 Å². The Balaban J connectivity index is 1.47. The summed E-state index contributed by atoms with van der Waals surface area (Å²) in [5, 5.41) is 3.26. The second-order valence-electron chi connectivity index (χ2n) is 6.80. The van der Waals surface area contributed by atoms with Crippen LogP contribution in [-0.4, -0.2) is 24.6 Å². The Labute approximate surface area is 146 Å². The van der Waals surface area contributed by atoms with Crippen molar-refractivity contribution in [3.8, 4) is 5.75 Å². The van der Waals surface area contributed by atoms with Gasteiger partial charge in [-0.05, 0) is 65.6 Å². The predicted octanol–water partition coefficient (Wildman–Crippen LogP) is 3.24. The van der Waals surface area contributed by atoms with Gasteiger partial charge in [-0.2, -0.15) is 0 Å². The number of benzene rings is 1. The molecule has 3 rings (SSSR count). The average Bonchev–Trinajstić information content (AvgIpc) is 2.50. The third kappa shape index (κ3) is 4.27. The van der Waals surface area contributed by atoms with Crippen LogP contribution in [0.5, 0.6) is 5.75 Å². The van der Waals surface area contributed by atoms with Crippen molar-refractivity contribution in [2.45, 2.75) is 50.6 Å². The lowest BCUT2D eigenvalue weighted by molar-refractivity contribution is -0.123. The molecule has 23 heavy (non-hydrogen) atoms.